The number of ether oxygens (including phenoxy) is 1. The van der Waals surface area contributed by atoms with Crippen LogP contribution in [0, 0.1) is 0 Å². The van der Waals surface area contributed by atoms with Gasteiger partial charge < -0.3 is 15.0 Å². The molecule has 1 unspecified atom stereocenters. The zero-order valence-electron chi connectivity index (χ0n) is 14.6. The molecule has 136 valence electrons. The Morgan fingerprint density at radius 2 is 1.88 bits per heavy atom. The number of nitrogens with zero attached hydrogens (tertiary/aromatic N) is 1. The maximum atomic E-state index is 12.5. The second-order valence-corrected chi connectivity index (χ2v) is 6.59. The first-order chi connectivity index (χ1) is 12.6. The van der Waals surface area contributed by atoms with Gasteiger partial charge in [0.25, 0.3) is 5.91 Å². The standard InChI is InChI=1S/C20H21ClN2O3/c1-2-18(26-17-11-5-14(21)6-12-17)20(25)22-15-7-9-16(10-8-15)23-13-3-4-19(23)24/h5-12,18H,2-4,13H2,1H3,(H,22,25). The average Bonchev–Trinajstić information content (AvgIpc) is 3.07. The largest absolute Gasteiger partial charge is 0.481 e. The number of hydrogen-bond donors (Lipinski definition) is 1. The molecule has 0 aromatic heterocycles. The summed E-state index contributed by atoms with van der Waals surface area (Å²) >= 11 is 5.86. The van der Waals surface area contributed by atoms with E-state index in [4.69, 9.17) is 16.3 Å². The second-order valence-electron chi connectivity index (χ2n) is 6.15. The van der Waals surface area contributed by atoms with Crippen LogP contribution in [0.2, 0.25) is 5.02 Å². The van der Waals surface area contributed by atoms with Gasteiger partial charge in [-0.15, -0.1) is 0 Å². The van der Waals surface area contributed by atoms with E-state index in [1.54, 1.807) is 41.3 Å². The van der Waals surface area contributed by atoms with Crippen LogP contribution in [-0.2, 0) is 9.59 Å². The van der Waals surface area contributed by atoms with Crippen LogP contribution in [0.4, 0.5) is 11.4 Å². The van der Waals surface area contributed by atoms with Gasteiger partial charge in [0.15, 0.2) is 6.10 Å². The molecule has 0 radical (unpaired) electrons. The van der Waals surface area contributed by atoms with E-state index in [9.17, 15) is 9.59 Å². The zero-order valence-corrected chi connectivity index (χ0v) is 15.3. The number of carbonyl (C=O) groups excluding carboxylic acids is 2. The monoisotopic (exact) mass is 372 g/mol. The number of hydrogen-bond acceptors (Lipinski definition) is 3. The van der Waals surface area contributed by atoms with Crippen LogP contribution in [-0.4, -0.2) is 24.5 Å². The molecule has 1 aliphatic heterocycles. The van der Waals surface area contributed by atoms with Crippen molar-refractivity contribution in [2.24, 2.45) is 0 Å². The number of amides is 2. The van der Waals surface area contributed by atoms with Crippen molar-refractivity contribution >= 4 is 34.8 Å². The quantitative estimate of drug-likeness (QED) is 0.824. The molecule has 6 heteroatoms. The molecule has 26 heavy (non-hydrogen) atoms. The normalized spacial score (nSPS) is 15.0. The third-order valence-corrected chi connectivity index (χ3v) is 4.53. The Morgan fingerprint density at radius 1 is 1.19 bits per heavy atom. The van der Waals surface area contributed by atoms with Gasteiger partial charge in [-0.3, -0.25) is 9.59 Å². The smallest absolute Gasteiger partial charge is 0.265 e. The highest BCUT2D eigenvalue weighted by molar-refractivity contribution is 6.30. The van der Waals surface area contributed by atoms with E-state index >= 15 is 0 Å². The van der Waals surface area contributed by atoms with E-state index < -0.39 is 6.10 Å². The number of benzene rings is 2. The van der Waals surface area contributed by atoms with Crippen LogP contribution >= 0.6 is 11.6 Å². The van der Waals surface area contributed by atoms with Gasteiger partial charge in [-0.25, -0.2) is 0 Å². The lowest BCUT2D eigenvalue weighted by molar-refractivity contribution is -0.122. The minimum absolute atomic E-state index is 0.143. The first-order valence-corrected chi connectivity index (χ1v) is 9.08. The molecule has 2 aromatic carbocycles. The Kier molecular flexibility index (Phi) is 5.78. The van der Waals surface area contributed by atoms with E-state index in [-0.39, 0.29) is 11.8 Å². The summed E-state index contributed by atoms with van der Waals surface area (Å²) in [4.78, 5) is 26.0. The van der Waals surface area contributed by atoms with Gasteiger partial charge in [0.05, 0.1) is 0 Å². The highest BCUT2D eigenvalue weighted by Crippen LogP contribution is 2.23. The van der Waals surface area contributed by atoms with Crippen molar-refractivity contribution in [3.8, 4) is 5.75 Å². The molecule has 1 fully saturated rings. The summed E-state index contributed by atoms with van der Waals surface area (Å²) in [5.41, 5.74) is 1.53. The predicted octanol–water partition coefficient (Wildman–Crippen LogP) is 4.26. The Hall–Kier alpha value is -2.53. The summed E-state index contributed by atoms with van der Waals surface area (Å²) in [5, 5.41) is 3.48. The van der Waals surface area contributed by atoms with E-state index in [0.29, 0.717) is 29.3 Å². The Balaban J connectivity index is 1.62. The summed E-state index contributed by atoms with van der Waals surface area (Å²) in [6, 6.07) is 14.2. The van der Waals surface area contributed by atoms with E-state index in [1.807, 2.05) is 19.1 Å². The van der Waals surface area contributed by atoms with E-state index in [2.05, 4.69) is 5.32 Å². The fourth-order valence-corrected chi connectivity index (χ4v) is 2.99. The van der Waals surface area contributed by atoms with E-state index in [1.165, 1.54) is 0 Å². The third kappa shape index (κ3) is 4.35. The molecule has 2 amide bonds. The van der Waals surface area contributed by atoms with Crippen molar-refractivity contribution in [2.45, 2.75) is 32.3 Å². The van der Waals surface area contributed by atoms with Crippen LogP contribution in [0.25, 0.3) is 0 Å². The highest BCUT2D eigenvalue weighted by atomic mass is 35.5. The number of anilines is 2. The topological polar surface area (TPSA) is 58.6 Å². The first-order valence-electron chi connectivity index (χ1n) is 8.70. The zero-order chi connectivity index (χ0) is 18.5. The van der Waals surface area contributed by atoms with Gasteiger partial charge in [0, 0.05) is 29.4 Å². The van der Waals surface area contributed by atoms with Gasteiger partial charge >= 0.3 is 0 Å². The van der Waals surface area contributed by atoms with Gasteiger partial charge in [0.2, 0.25) is 5.91 Å². The molecule has 2 aromatic rings. The molecule has 1 heterocycles. The maximum Gasteiger partial charge on any atom is 0.265 e. The molecular formula is C20H21ClN2O3. The molecule has 1 N–H and O–H groups in total. The Labute approximate surface area is 157 Å². The van der Waals surface area contributed by atoms with Crippen molar-refractivity contribution in [2.75, 3.05) is 16.8 Å². The first kappa shape index (κ1) is 18.3. The Bertz CT molecular complexity index is 775. The summed E-state index contributed by atoms with van der Waals surface area (Å²) in [6.45, 7) is 2.64. The molecule has 0 saturated carbocycles. The molecular weight excluding hydrogens is 352 g/mol. The van der Waals surface area contributed by atoms with Crippen LogP contribution in [0.3, 0.4) is 0 Å². The maximum absolute atomic E-state index is 12.5. The Morgan fingerprint density at radius 3 is 2.46 bits per heavy atom. The number of nitrogens with one attached hydrogen (secondary N) is 1. The third-order valence-electron chi connectivity index (χ3n) is 4.28. The van der Waals surface area contributed by atoms with Crippen molar-refractivity contribution in [3.63, 3.8) is 0 Å². The summed E-state index contributed by atoms with van der Waals surface area (Å²) in [6.07, 6.45) is 1.42. The number of rotatable bonds is 6. The molecule has 5 nitrogen and oxygen atoms in total. The predicted molar refractivity (Wildman–Crippen MR) is 103 cm³/mol. The molecule has 0 aliphatic carbocycles. The van der Waals surface area contributed by atoms with Crippen LogP contribution in [0.5, 0.6) is 5.75 Å². The van der Waals surface area contributed by atoms with Gasteiger partial charge in [0.1, 0.15) is 5.75 Å². The van der Waals surface area contributed by atoms with Crippen molar-refractivity contribution in [3.05, 3.63) is 53.6 Å². The van der Waals surface area contributed by atoms with Gasteiger partial charge in [-0.05, 0) is 61.4 Å². The summed E-state index contributed by atoms with van der Waals surface area (Å²) in [7, 11) is 0. The number of halogens is 1. The van der Waals surface area contributed by atoms with Crippen molar-refractivity contribution < 1.29 is 14.3 Å². The average molecular weight is 373 g/mol. The van der Waals surface area contributed by atoms with Crippen LogP contribution in [0.15, 0.2) is 48.5 Å². The fourth-order valence-electron chi connectivity index (χ4n) is 2.87. The fraction of sp³-hybridized carbons (Fsp3) is 0.300. The molecule has 0 bridgehead atoms. The van der Waals surface area contributed by atoms with Crippen molar-refractivity contribution in [1.29, 1.82) is 0 Å². The SMILES string of the molecule is CCC(Oc1ccc(Cl)cc1)C(=O)Nc1ccc(N2CCCC2=O)cc1. The van der Waals surface area contributed by atoms with E-state index in [0.717, 1.165) is 18.7 Å². The molecule has 1 atom stereocenters. The van der Waals surface area contributed by atoms with Crippen LogP contribution in [0.1, 0.15) is 26.2 Å². The molecule has 0 spiro atoms. The van der Waals surface area contributed by atoms with Crippen LogP contribution < -0.4 is 15.0 Å². The minimum atomic E-state index is -0.601. The number of carbonyl (C=O) groups is 2. The summed E-state index contributed by atoms with van der Waals surface area (Å²) in [5.74, 6) is 0.524. The highest BCUT2D eigenvalue weighted by Gasteiger charge is 2.22. The minimum Gasteiger partial charge on any atom is -0.481 e. The summed E-state index contributed by atoms with van der Waals surface area (Å²) < 4.78 is 5.75. The van der Waals surface area contributed by atoms with Gasteiger partial charge in [-0.2, -0.15) is 0 Å². The lowest BCUT2D eigenvalue weighted by Crippen LogP contribution is -2.32. The lowest BCUT2D eigenvalue weighted by Gasteiger charge is -2.18. The lowest BCUT2D eigenvalue weighted by atomic mass is 10.2. The van der Waals surface area contributed by atoms with Gasteiger partial charge in [-0.1, -0.05) is 18.5 Å². The molecule has 1 saturated heterocycles. The molecule has 1 aliphatic rings. The second kappa shape index (κ2) is 8.23. The van der Waals surface area contributed by atoms with Crippen molar-refractivity contribution in [1.82, 2.24) is 0 Å². The molecule has 3 rings (SSSR count).